The van der Waals surface area contributed by atoms with Gasteiger partial charge in [0, 0.05) is 18.5 Å². The largest absolute Gasteiger partial charge is 0.346 e. The van der Waals surface area contributed by atoms with Crippen LogP contribution in [0.25, 0.3) is 0 Å². The van der Waals surface area contributed by atoms with Crippen molar-refractivity contribution >= 4 is 9.84 Å². The van der Waals surface area contributed by atoms with E-state index in [0.717, 1.165) is 6.26 Å². The first-order valence-electron chi connectivity index (χ1n) is 3.44. The highest BCUT2D eigenvalue weighted by molar-refractivity contribution is 7.90. The van der Waals surface area contributed by atoms with Crippen molar-refractivity contribution in [2.45, 2.75) is 11.6 Å². The van der Waals surface area contributed by atoms with Crippen LogP contribution in [-0.4, -0.2) is 24.6 Å². The maximum absolute atomic E-state index is 11.0. The summed E-state index contributed by atoms with van der Waals surface area (Å²) in [7, 11) is -3.44. The van der Waals surface area contributed by atoms with E-state index in [1.54, 1.807) is 0 Å². The zero-order valence-corrected chi connectivity index (χ0v) is 7.76. The number of nitrogens with two attached hydrogens (primary N) is 1. The zero-order valence-electron chi connectivity index (χ0n) is 6.94. The van der Waals surface area contributed by atoms with Crippen LogP contribution in [0, 0.1) is 0 Å². The van der Waals surface area contributed by atoms with Gasteiger partial charge in [0.2, 0.25) is 0 Å². The van der Waals surface area contributed by atoms with Crippen LogP contribution < -0.4 is 11.4 Å². The van der Waals surface area contributed by atoms with E-state index >= 15 is 0 Å². The monoisotopic (exact) mass is 203 g/mol. The van der Waals surface area contributed by atoms with E-state index in [9.17, 15) is 13.2 Å². The number of sulfone groups is 1. The Morgan fingerprint density at radius 2 is 2.23 bits per heavy atom. The standard InChI is InChI=1S/C6H9N3O3S/c1-13(11,12)5-2-4(3-7)8-6(10)9-5/h2H,3,7H2,1H3,(H,8,9,10). The van der Waals surface area contributed by atoms with Crippen molar-refractivity contribution in [3.8, 4) is 0 Å². The van der Waals surface area contributed by atoms with Gasteiger partial charge < -0.3 is 10.7 Å². The van der Waals surface area contributed by atoms with Crippen LogP contribution in [-0.2, 0) is 16.4 Å². The third kappa shape index (κ3) is 2.36. The summed E-state index contributed by atoms with van der Waals surface area (Å²) < 4.78 is 22.0. The van der Waals surface area contributed by atoms with Crippen LogP contribution in [0.2, 0.25) is 0 Å². The number of nitrogens with one attached hydrogen (secondary N) is 1. The number of aromatic amines is 1. The molecule has 72 valence electrons. The van der Waals surface area contributed by atoms with Gasteiger partial charge in [-0.1, -0.05) is 0 Å². The van der Waals surface area contributed by atoms with Gasteiger partial charge in [-0.3, -0.25) is 0 Å². The van der Waals surface area contributed by atoms with E-state index in [0.29, 0.717) is 5.69 Å². The molecule has 3 N–H and O–H groups in total. The highest BCUT2D eigenvalue weighted by atomic mass is 32.2. The van der Waals surface area contributed by atoms with Gasteiger partial charge in [-0.15, -0.1) is 0 Å². The Hall–Kier alpha value is -1.21. The Morgan fingerprint density at radius 1 is 1.62 bits per heavy atom. The molecule has 0 spiro atoms. The number of nitrogens with zero attached hydrogens (tertiary/aromatic N) is 1. The molecule has 1 rings (SSSR count). The normalized spacial score (nSPS) is 11.5. The molecular formula is C6H9N3O3S. The van der Waals surface area contributed by atoms with Crippen LogP contribution in [0.3, 0.4) is 0 Å². The second kappa shape index (κ2) is 3.27. The quantitative estimate of drug-likeness (QED) is 0.577. The second-order valence-corrected chi connectivity index (χ2v) is 4.49. The van der Waals surface area contributed by atoms with E-state index in [-0.39, 0.29) is 11.6 Å². The van der Waals surface area contributed by atoms with Gasteiger partial charge in [0.15, 0.2) is 14.9 Å². The number of hydrogen-bond acceptors (Lipinski definition) is 5. The molecule has 0 amide bonds. The minimum Gasteiger partial charge on any atom is -0.325 e. The lowest BCUT2D eigenvalue weighted by atomic mass is 10.4. The fourth-order valence-electron chi connectivity index (χ4n) is 0.783. The van der Waals surface area contributed by atoms with Gasteiger partial charge in [-0.2, -0.15) is 4.98 Å². The lowest BCUT2D eigenvalue weighted by Crippen LogP contribution is -2.18. The third-order valence-electron chi connectivity index (χ3n) is 1.38. The van der Waals surface area contributed by atoms with E-state index < -0.39 is 15.5 Å². The second-order valence-electron chi connectivity index (χ2n) is 2.53. The van der Waals surface area contributed by atoms with Crippen molar-refractivity contribution in [2.24, 2.45) is 5.73 Å². The molecule has 1 heterocycles. The Bertz CT molecular complexity index is 462. The predicted molar refractivity (Wildman–Crippen MR) is 45.9 cm³/mol. The average molecular weight is 203 g/mol. The van der Waals surface area contributed by atoms with Gasteiger partial charge in [0.1, 0.15) is 0 Å². The van der Waals surface area contributed by atoms with Crippen LogP contribution in [0.4, 0.5) is 0 Å². The summed E-state index contributed by atoms with van der Waals surface area (Å²) in [5.41, 5.74) is 4.88. The number of rotatable bonds is 2. The van der Waals surface area contributed by atoms with Crippen LogP contribution in [0.1, 0.15) is 5.69 Å². The highest BCUT2D eigenvalue weighted by Gasteiger charge is 2.10. The minimum absolute atomic E-state index is 0.0697. The Labute approximate surface area is 74.7 Å². The summed E-state index contributed by atoms with van der Waals surface area (Å²) in [6.07, 6.45) is 0.981. The molecule has 0 aliphatic carbocycles. The lowest BCUT2D eigenvalue weighted by molar-refractivity contribution is 0.596. The number of aromatic nitrogens is 2. The molecule has 0 aliphatic heterocycles. The molecule has 0 bridgehead atoms. The van der Waals surface area contributed by atoms with Crippen molar-refractivity contribution in [3.63, 3.8) is 0 Å². The molecule has 13 heavy (non-hydrogen) atoms. The molecule has 0 radical (unpaired) electrons. The van der Waals surface area contributed by atoms with E-state index in [1.807, 2.05) is 0 Å². The molecule has 6 nitrogen and oxygen atoms in total. The molecule has 0 unspecified atom stereocenters. The van der Waals surface area contributed by atoms with Gasteiger partial charge in [-0.05, 0) is 6.07 Å². The van der Waals surface area contributed by atoms with Crippen molar-refractivity contribution in [3.05, 3.63) is 22.2 Å². The Kier molecular flexibility index (Phi) is 2.48. The fraction of sp³-hybridized carbons (Fsp3) is 0.333. The summed E-state index contributed by atoms with van der Waals surface area (Å²) in [5, 5.41) is -0.253. The lowest BCUT2D eigenvalue weighted by Gasteiger charge is -1.98. The van der Waals surface area contributed by atoms with Crippen molar-refractivity contribution in [1.29, 1.82) is 0 Å². The predicted octanol–water partition coefficient (Wildman–Crippen LogP) is -1.37. The summed E-state index contributed by atoms with van der Waals surface area (Å²) >= 11 is 0. The van der Waals surface area contributed by atoms with Crippen molar-refractivity contribution in [2.75, 3.05) is 6.26 Å². The Balaban J connectivity index is 3.42. The van der Waals surface area contributed by atoms with Crippen LogP contribution >= 0.6 is 0 Å². The molecule has 0 aliphatic rings. The first kappa shape index (κ1) is 9.87. The van der Waals surface area contributed by atoms with Crippen LogP contribution in [0.15, 0.2) is 15.9 Å². The summed E-state index contributed by atoms with van der Waals surface area (Å²) in [6.45, 7) is 0.0697. The van der Waals surface area contributed by atoms with E-state index in [4.69, 9.17) is 5.73 Å². The summed E-state index contributed by atoms with van der Waals surface area (Å²) in [5.74, 6) is 0. The molecule has 0 aromatic carbocycles. The molecule has 1 aromatic heterocycles. The maximum Gasteiger partial charge on any atom is 0.346 e. The average Bonchev–Trinajstić information content (AvgIpc) is 2.01. The van der Waals surface area contributed by atoms with Gasteiger partial charge in [-0.25, -0.2) is 13.2 Å². The third-order valence-corrected chi connectivity index (χ3v) is 2.35. The molecule has 0 fully saturated rings. The number of H-pyrrole nitrogens is 1. The van der Waals surface area contributed by atoms with E-state index in [2.05, 4.69) is 9.97 Å². The molecule has 1 aromatic rings. The molecule has 0 saturated heterocycles. The SMILES string of the molecule is CS(=O)(=O)c1cc(CN)[nH]c(=O)n1. The summed E-state index contributed by atoms with van der Waals surface area (Å²) in [6, 6.07) is 1.25. The Morgan fingerprint density at radius 3 is 2.69 bits per heavy atom. The number of hydrogen-bond donors (Lipinski definition) is 2. The maximum atomic E-state index is 11.0. The topological polar surface area (TPSA) is 106 Å². The molecular weight excluding hydrogens is 194 g/mol. The first-order chi connectivity index (χ1) is 5.93. The fourth-order valence-corrected chi connectivity index (χ4v) is 1.39. The molecule has 0 atom stereocenters. The smallest absolute Gasteiger partial charge is 0.325 e. The van der Waals surface area contributed by atoms with Crippen LogP contribution in [0.5, 0.6) is 0 Å². The summed E-state index contributed by atoms with van der Waals surface area (Å²) in [4.78, 5) is 16.4. The first-order valence-corrected chi connectivity index (χ1v) is 5.33. The van der Waals surface area contributed by atoms with Crippen molar-refractivity contribution in [1.82, 2.24) is 9.97 Å². The van der Waals surface area contributed by atoms with Gasteiger partial charge in [0.25, 0.3) is 0 Å². The van der Waals surface area contributed by atoms with Gasteiger partial charge in [0.05, 0.1) is 0 Å². The van der Waals surface area contributed by atoms with Gasteiger partial charge >= 0.3 is 5.69 Å². The molecule has 0 saturated carbocycles. The highest BCUT2D eigenvalue weighted by Crippen LogP contribution is 2.02. The van der Waals surface area contributed by atoms with E-state index in [1.165, 1.54) is 6.07 Å². The zero-order chi connectivity index (χ0) is 10.1. The van der Waals surface area contributed by atoms with Crippen molar-refractivity contribution < 1.29 is 8.42 Å². The minimum atomic E-state index is -3.44. The molecule has 7 heteroatoms.